The van der Waals surface area contributed by atoms with Gasteiger partial charge in [0.1, 0.15) is 0 Å². The van der Waals surface area contributed by atoms with E-state index >= 15 is 0 Å². The molecule has 0 bridgehead atoms. The number of nitrogen functional groups attached to an aromatic ring is 1. The zero-order valence-corrected chi connectivity index (χ0v) is 7.59. The molecule has 0 amide bonds. The van der Waals surface area contributed by atoms with Gasteiger partial charge < -0.3 is 16.4 Å². The highest BCUT2D eigenvalue weighted by atomic mass is 15.1. The second-order valence-electron chi connectivity index (χ2n) is 3.38. The first kappa shape index (κ1) is 8.53. The summed E-state index contributed by atoms with van der Waals surface area (Å²) in [5.41, 5.74) is 7.83. The van der Waals surface area contributed by atoms with E-state index in [0.29, 0.717) is 6.04 Å². The Morgan fingerprint density at radius 2 is 2.23 bits per heavy atom. The lowest BCUT2D eigenvalue weighted by Crippen LogP contribution is -2.42. The molecular formula is C10H15N3. The largest absolute Gasteiger partial charge is 0.399 e. The predicted molar refractivity (Wildman–Crippen MR) is 54.5 cm³/mol. The molecule has 1 fully saturated rings. The van der Waals surface area contributed by atoms with Crippen molar-refractivity contribution in [1.29, 1.82) is 0 Å². The summed E-state index contributed by atoms with van der Waals surface area (Å²) in [4.78, 5) is 0. The summed E-state index contributed by atoms with van der Waals surface area (Å²) in [7, 11) is 0. The fourth-order valence-electron chi connectivity index (χ4n) is 1.66. The molecule has 0 unspecified atom stereocenters. The smallest absolute Gasteiger partial charge is 0.0447 e. The highest BCUT2D eigenvalue weighted by Crippen LogP contribution is 2.15. The van der Waals surface area contributed by atoms with E-state index in [2.05, 4.69) is 16.7 Å². The Kier molecular flexibility index (Phi) is 2.47. The Morgan fingerprint density at radius 3 is 2.92 bits per heavy atom. The topological polar surface area (TPSA) is 50.1 Å². The van der Waals surface area contributed by atoms with Crippen molar-refractivity contribution in [2.24, 2.45) is 0 Å². The Bertz CT molecular complexity index is 279. The van der Waals surface area contributed by atoms with E-state index in [4.69, 9.17) is 5.73 Å². The highest BCUT2D eigenvalue weighted by Gasteiger charge is 2.13. The minimum atomic E-state index is 0.414. The maximum atomic E-state index is 5.72. The fraction of sp³-hybridized carbons (Fsp3) is 0.400. The van der Waals surface area contributed by atoms with Crippen LogP contribution in [0.4, 0.5) is 5.69 Å². The number of hydrogen-bond acceptors (Lipinski definition) is 3. The van der Waals surface area contributed by atoms with E-state index in [-0.39, 0.29) is 0 Å². The lowest BCUT2D eigenvalue weighted by Gasteiger charge is -2.24. The first-order chi connectivity index (χ1) is 6.36. The van der Waals surface area contributed by atoms with E-state index in [1.165, 1.54) is 5.56 Å². The molecule has 1 aliphatic heterocycles. The maximum Gasteiger partial charge on any atom is 0.0447 e. The van der Waals surface area contributed by atoms with Crippen molar-refractivity contribution < 1.29 is 0 Å². The molecule has 1 aromatic carbocycles. The number of anilines is 1. The van der Waals surface area contributed by atoms with Crippen LogP contribution >= 0.6 is 0 Å². The summed E-state index contributed by atoms with van der Waals surface area (Å²) in [6.07, 6.45) is 0. The standard InChI is InChI=1S/C10H15N3/c11-9-3-1-2-8(6-9)10-7-12-4-5-13-10/h1-3,6,10,12-13H,4-5,7,11H2/t10-/m0/s1. The predicted octanol–water partition coefficient (Wildman–Crippen LogP) is 0.503. The summed E-state index contributed by atoms with van der Waals surface area (Å²) in [6, 6.07) is 8.48. The zero-order chi connectivity index (χ0) is 9.10. The molecule has 0 saturated carbocycles. The van der Waals surface area contributed by atoms with E-state index in [9.17, 15) is 0 Å². The van der Waals surface area contributed by atoms with Crippen LogP contribution in [0.15, 0.2) is 24.3 Å². The first-order valence-electron chi connectivity index (χ1n) is 4.66. The molecule has 2 rings (SSSR count). The van der Waals surface area contributed by atoms with Gasteiger partial charge in [0, 0.05) is 31.4 Å². The van der Waals surface area contributed by atoms with Crippen LogP contribution in [0, 0.1) is 0 Å². The van der Waals surface area contributed by atoms with Crippen LogP contribution < -0.4 is 16.4 Å². The van der Waals surface area contributed by atoms with Gasteiger partial charge in [-0.3, -0.25) is 0 Å². The Labute approximate surface area is 78.3 Å². The number of nitrogens with one attached hydrogen (secondary N) is 2. The summed E-state index contributed by atoms with van der Waals surface area (Å²) in [5.74, 6) is 0. The van der Waals surface area contributed by atoms with Crippen LogP contribution in [0.5, 0.6) is 0 Å². The quantitative estimate of drug-likeness (QED) is 0.548. The molecule has 70 valence electrons. The van der Waals surface area contributed by atoms with Gasteiger partial charge in [-0.15, -0.1) is 0 Å². The van der Waals surface area contributed by atoms with Crippen molar-refractivity contribution in [2.75, 3.05) is 25.4 Å². The zero-order valence-electron chi connectivity index (χ0n) is 7.59. The van der Waals surface area contributed by atoms with Crippen LogP contribution in [-0.2, 0) is 0 Å². The van der Waals surface area contributed by atoms with Gasteiger partial charge in [0.15, 0.2) is 0 Å². The van der Waals surface area contributed by atoms with Gasteiger partial charge in [-0.2, -0.15) is 0 Å². The third-order valence-electron chi connectivity index (χ3n) is 2.35. The number of nitrogens with two attached hydrogens (primary N) is 1. The molecule has 4 N–H and O–H groups in total. The fourth-order valence-corrected chi connectivity index (χ4v) is 1.66. The van der Waals surface area contributed by atoms with Crippen LogP contribution in [0.25, 0.3) is 0 Å². The Morgan fingerprint density at radius 1 is 1.31 bits per heavy atom. The molecule has 0 aromatic heterocycles. The number of piperazine rings is 1. The lowest BCUT2D eigenvalue weighted by atomic mass is 10.1. The normalized spacial score (nSPS) is 22.9. The van der Waals surface area contributed by atoms with E-state index in [0.717, 1.165) is 25.3 Å². The van der Waals surface area contributed by atoms with E-state index in [1.54, 1.807) is 0 Å². The van der Waals surface area contributed by atoms with Crippen molar-refractivity contribution in [3.63, 3.8) is 0 Å². The van der Waals surface area contributed by atoms with E-state index in [1.807, 2.05) is 18.2 Å². The highest BCUT2D eigenvalue weighted by molar-refractivity contribution is 5.41. The van der Waals surface area contributed by atoms with Crippen LogP contribution in [0.2, 0.25) is 0 Å². The van der Waals surface area contributed by atoms with Gasteiger partial charge >= 0.3 is 0 Å². The maximum absolute atomic E-state index is 5.72. The van der Waals surface area contributed by atoms with Gasteiger partial charge in [-0.1, -0.05) is 12.1 Å². The van der Waals surface area contributed by atoms with Crippen molar-refractivity contribution in [1.82, 2.24) is 10.6 Å². The molecule has 3 nitrogen and oxygen atoms in total. The lowest BCUT2D eigenvalue weighted by molar-refractivity contribution is 0.430. The second kappa shape index (κ2) is 3.77. The molecule has 1 atom stereocenters. The summed E-state index contributed by atoms with van der Waals surface area (Å²) in [5, 5.41) is 6.79. The summed E-state index contributed by atoms with van der Waals surface area (Å²) < 4.78 is 0. The molecule has 1 saturated heterocycles. The first-order valence-corrected chi connectivity index (χ1v) is 4.66. The van der Waals surface area contributed by atoms with E-state index < -0.39 is 0 Å². The second-order valence-corrected chi connectivity index (χ2v) is 3.38. The van der Waals surface area contributed by atoms with Gasteiger partial charge in [0.25, 0.3) is 0 Å². The molecule has 3 heteroatoms. The Balaban J connectivity index is 2.14. The van der Waals surface area contributed by atoms with Crippen molar-refractivity contribution in [3.05, 3.63) is 29.8 Å². The average molecular weight is 177 g/mol. The molecule has 0 spiro atoms. The van der Waals surface area contributed by atoms with Gasteiger partial charge in [0.2, 0.25) is 0 Å². The third-order valence-corrected chi connectivity index (χ3v) is 2.35. The molecule has 1 aromatic rings. The molecule has 1 aliphatic rings. The van der Waals surface area contributed by atoms with Gasteiger partial charge in [0.05, 0.1) is 0 Å². The summed E-state index contributed by atoms with van der Waals surface area (Å²) in [6.45, 7) is 3.07. The Hall–Kier alpha value is -1.06. The molecule has 13 heavy (non-hydrogen) atoms. The molecule has 0 radical (unpaired) electrons. The number of rotatable bonds is 1. The monoisotopic (exact) mass is 177 g/mol. The van der Waals surface area contributed by atoms with Crippen molar-refractivity contribution in [2.45, 2.75) is 6.04 Å². The minimum Gasteiger partial charge on any atom is -0.399 e. The SMILES string of the molecule is Nc1cccc([C@@H]2CNCCN2)c1. The molecule has 0 aliphatic carbocycles. The van der Waals surface area contributed by atoms with Crippen LogP contribution in [0.3, 0.4) is 0 Å². The van der Waals surface area contributed by atoms with Gasteiger partial charge in [-0.25, -0.2) is 0 Å². The van der Waals surface area contributed by atoms with Crippen molar-refractivity contribution >= 4 is 5.69 Å². The third kappa shape index (κ3) is 1.99. The van der Waals surface area contributed by atoms with Crippen LogP contribution in [-0.4, -0.2) is 19.6 Å². The number of hydrogen-bond donors (Lipinski definition) is 3. The molecule has 1 heterocycles. The number of benzene rings is 1. The molecular weight excluding hydrogens is 162 g/mol. The van der Waals surface area contributed by atoms with Crippen LogP contribution in [0.1, 0.15) is 11.6 Å². The van der Waals surface area contributed by atoms with Gasteiger partial charge in [-0.05, 0) is 17.7 Å². The summed E-state index contributed by atoms with van der Waals surface area (Å²) >= 11 is 0. The van der Waals surface area contributed by atoms with Crippen molar-refractivity contribution in [3.8, 4) is 0 Å². The minimum absolute atomic E-state index is 0.414. The average Bonchev–Trinajstić information content (AvgIpc) is 2.19.